The van der Waals surface area contributed by atoms with E-state index >= 15 is 0 Å². The van der Waals surface area contributed by atoms with Crippen LogP contribution in [-0.4, -0.2) is 42.2 Å². The molecule has 3 rings (SSSR count). The standard InChI is InChI=1S/C22H26F3N5O3/c1-4-29-12-16(10-19(31)32)21(28-29)33-9-5-6-15-13-30(27-20(15)14(2)3)18-8-7-17(11-26-18)22(23,24)25/h7-8,11-14H,4-6,9-10H2,1-3H3,(H,31,32). The van der Waals surface area contributed by atoms with Gasteiger partial charge in [-0.1, -0.05) is 13.8 Å². The smallest absolute Gasteiger partial charge is 0.417 e. The van der Waals surface area contributed by atoms with Crippen LogP contribution in [0.4, 0.5) is 13.2 Å². The van der Waals surface area contributed by atoms with Crippen molar-refractivity contribution in [3.8, 4) is 11.7 Å². The van der Waals surface area contributed by atoms with Crippen LogP contribution in [0.5, 0.6) is 5.88 Å². The zero-order chi connectivity index (χ0) is 24.2. The van der Waals surface area contributed by atoms with Gasteiger partial charge in [0.05, 0.1) is 24.3 Å². The van der Waals surface area contributed by atoms with E-state index in [1.165, 1.54) is 10.7 Å². The van der Waals surface area contributed by atoms with E-state index in [1.54, 1.807) is 17.1 Å². The van der Waals surface area contributed by atoms with Crippen LogP contribution in [0.15, 0.2) is 30.7 Å². The zero-order valence-corrected chi connectivity index (χ0v) is 18.6. The molecule has 0 saturated carbocycles. The van der Waals surface area contributed by atoms with Gasteiger partial charge in [-0.05, 0) is 43.4 Å². The number of hydrogen-bond donors (Lipinski definition) is 1. The molecule has 0 spiro atoms. The van der Waals surface area contributed by atoms with Gasteiger partial charge in [0.25, 0.3) is 0 Å². The second-order valence-electron chi connectivity index (χ2n) is 7.88. The molecule has 1 N–H and O–H groups in total. The minimum absolute atomic E-state index is 0.110. The number of rotatable bonds is 10. The summed E-state index contributed by atoms with van der Waals surface area (Å²) in [6.45, 7) is 6.81. The van der Waals surface area contributed by atoms with Crippen LogP contribution < -0.4 is 4.74 Å². The molecule has 33 heavy (non-hydrogen) atoms. The lowest BCUT2D eigenvalue weighted by Gasteiger charge is -2.07. The molecule has 0 aliphatic carbocycles. The average Bonchev–Trinajstić information content (AvgIpc) is 3.34. The zero-order valence-electron chi connectivity index (χ0n) is 18.6. The molecule has 0 aliphatic heterocycles. The fourth-order valence-electron chi connectivity index (χ4n) is 3.35. The van der Waals surface area contributed by atoms with Crippen LogP contribution in [0.1, 0.15) is 55.5 Å². The number of nitrogens with zero attached hydrogens (tertiary/aromatic N) is 5. The molecular weight excluding hydrogens is 439 g/mol. The van der Waals surface area contributed by atoms with E-state index in [1.807, 2.05) is 20.8 Å². The molecule has 0 amide bonds. The summed E-state index contributed by atoms with van der Waals surface area (Å²) < 4.78 is 47.2. The Hall–Kier alpha value is -3.37. The molecule has 0 radical (unpaired) electrons. The number of carboxylic acid groups (broad SMARTS) is 1. The molecule has 0 atom stereocenters. The Balaban J connectivity index is 1.67. The summed E-state index contributed by atoms with van der Waals surface area (Å²) in [5.41, 5.74) is 1.49. The number of alkyl halides is 3. The number of aliphatic carboxylic acids is 1. The number of carboxylic acids is 1. The summed E-state index contributed by atoms with van der Waals surface area (Å²) in [5.74, 6) is -0.232. The van der Waals surface area contributed by atoms with Crippen molar-refractivity contribution in [3.63, 3.8) is 0 Å². The van der Waals surface area contributed by atoms with Crippen LogP contribution in [0.25, 0.3) is 5.82 Å². The van der Waals surface area contributed by atoms with E-state index in [4.69, 9.17) is 9.84 Å². The Kier molecular flexibility index (Phi) is 7.39. The minimum Gasteiger partial charge on any atom is -0.481 e. The minimum atomic E-state index is -4.44. The summed E-state index contributed by atoms with van der Waals surface area (Å²) in [5, 5.41) is 17.9. The molecule has 0 saturated heterocycles. The van der Waals surface area contributed by atoms with Crippen LogP contribution in [0.2, 0.25) is 0 Å². The Labute approximate surface area is 189 Å². The number of hydrogen-bond acceptors (Lipinski definition) is 5. The average molecular weight is 465 g/mol. The Morgan fingerprint density at radius 3 is 2.52 bits per heavy atom. The van der Waals surface area contributed by atoms with E-state index in [2.05, 4.69) is 15.2 Å². The van der Waals surface area contributed by atoms with Crippen LogP contribution in [-0.2, 0) is 30.4 Å². The van der Waals surface area contributed by atoms with E-state index < -0.39 is 17.7 Å². The first kappa shape index (κ1) is 24.3. The molecule has 8 nitrogen and oxygen atoms in total. The topological polar surface area (TPSA) is 95.1 Å². The third-order valence-electron chi connectivity index (χ3n) is 4.97. The Bertz CT molecular complexity index is 1090. The summed E-state index contributed by atoms with van der Waals surface area (Å²) in [7, 11) is 0. The van der Waals surface area contributed by atoms with Crippen molar-refractivity contribution in [3.05, 3.63) is 53.1 Å². The number of aromatic nitrogens is 5. The molecule has 3 heterocycles. The molecule has 0 bridgehead atoms. The van der Waals surface area contributed by atoms with Gasteiger partial charge < -0.3 is 9.84 Å². The van der Waals surface area contributed by atoms with Crippen molar-refractivity contribution >= 4 is 5.97 Å². The van der Waals surface area contributed by atoms with Gasteiger partial charge in [0.15, 0.2) is 5.82 Å². The highest BCUT2D eigenvalue weighted by Gasteiger charge is 2.30. The van der Waals surface area contributed by atoms with Crippen molar-refractivity contribution in [2.75, 3.05) is 6.61 Å². The molecule has 0 fully saturated rings. The van der Waals surface area contributed by atoms with Gasteiger partial charge in [0, 0.05) is 30.7 Å². The van der Waals surface area contributed by atoms with Crippen molar-refractivity contribution in [2.45, 2.75) is 58.7 Å². The molecule has 11 heteroatoms. The maximum atomic E-state index is 12.8. The summed E-state index contributed by atoms with van der Waals surface area (Å²) in [4.78, 5) is 15.0. The predicted molar refractivity (Wildman–Crippen MR) is 114 cm³/mol. The molecule has 0 aromatic carbocycles. The van der Waals surface area contributed by atoms with Crippen molar-refractivity contribution in [2.24, 2.45) is 0 Å². The first-order chi connectivity index (χ1) is 15.6. The Morgan fingerprint density at radius 1 is 1.18 bits per heavy atom. The monoisotopic (exact) mass is 465 g/mol. The highest BCUT2D eigenvalue weighted by Crippen LogP contribution is 2.29. The van der Waals surface area contributed by atoms with Gasteiger partial charge in [-0.3, -0.25) is 9.48 Å². The van der Waals surface area contributed by atoms with Gasteiger partial charge in [0.2, 0.25) is 5.88 Å². The quantitative estimate of drug-likeness (QED) is 0.450. The van der Waals surface area contributed by atoms with Gasteiger partial charge in [-0.2, -0.15) is 18.3 Å². The predicted octanol–water partition coefficient (Wildman–Crippen LogP) is 4.26. The first-order valence-corrected chi connectivity index (χ1v) is 10.6. The fourth-order valence-corrected chi connectivity index (χ4v) is 3.35. The van der Waals surface area contributed by atoms with Gasteiger partial charge in [-0.25, -0.2) is 9.67 Å². The summed E-state index contributed by atoms with van der Waals surface area (Å²) in [6, 6.07) is 2.28. The molecular formula is C22H26F3N5O3. The molecule has 0 unspecified atom stereocenters. The number of halogens is 3. The summed E-state index contributed by atoms with van der Waals surface area (Å²) in [6.07, 6.45) is 0.868. The number of aryl methyl sites for hydroxylation is 2. The fraction of sp³-hybridized carbons (Fsp3) is 0.455. The lowest BCUT2D eigenvalue weighted by Crippen LogP contribution is -2.07. The van der Waals surface area contributed by atoms with Crippen molar-refractivity contribution in [1.82, 2.24) is 24.5 Å². The highest BCUT2D eigenvalue weighted by molar-refractivity contribution is 5.70. The van der Waals surface area contributed by atoms with Crippen molar-refractivity contribution < 1.29 is 27.8 Å². The second kappa shape index (κ2) is 10.1. The van der Waals surface area contributed by atoms with Crippen molar-refractivity contribution in [1.29, 1.82) is 0 Å². The first-order valence-electron chi connectivity index (χ1n) is 10.6. The molecule has 0 aliphatic rings. The number of carbonyl (C=O) groups is 1. The van der Waals surface area contributed by atoms with Crippen LogP contribution in [0, 0.1) is 0 Å². The molecule has 3 aromatic heterocycles. The van der Waals surface area contributed by atoms with E-state index in [0.717, 1.165) is 23.5 Å². The molecule has 178 valence electrons. The van der Waals surface area contributed by atoms with Gasteiger partial charge >= 0.3 is 12.1 Å². The van der Waals surface area contributed by atoms with Crippen LogP contribution >= 0.6 is 0 Å². The third-order valence-corrected chi connectivity index (χ3v) is 4.97. The molecule has 3 aromatic rings. The Morgan fingerprint density at radius 2 is 1.94 bits per heavy atom. The van der Waals surface area contributed by atoms with Crippen LogP contribution in [0.3, 0.4) is 0 Å². The van der Waals surface area contributed by atoms with E-state index in [-0.39, 0.29) is 12.3 Å². The lowest BCUT2D eigenvalue weighted by atomic mass is 10.0. The van der Waals surface area contributed by atoms with Gasteiger partial charge in [-0.15, -0.1) is 5.10 Å². The second-order valence-corrected chi connectivity index (χ2v) is 7.88. The van der Waals surface area contributed by atoms with Gasteiger partial charge in [0.1, 0.15) is 0 Å². The normalized spacial score (nSPS) is 11.8. The third kappa shape index (κ3) is 6.11. The van der Waals surface area contributed by atoms with E-state index in [0.29, 0.717) is 43.3 Å². The maximum absolute atomic E-state index is 12.8. The lowest BCUT2D eigenvalue weighted by molar-refractivity contribution is -0.138. The van der Waals surface area contributed by atoms with E-state index in [9.17, 15) is 18.0 Å². The maximum Gasteiger partial charge on any atom is 0.417 e. The number of ether oxygens (including phenoxy) is 1. The number of pyridine rings is 1. The largest absolute Gasteiger partial charge is 0.481 e. The summed E-state index contributed by atoms with van der Waals surface area (Å²) >= 11 is 0. The SMILES string of the molecule is CCn1cc(CC(=O)O)c(OCCCc2cn(-c3ccc(C(F)(F)F)cn3)nc2C(C)C)n1. The highest BCUT2D eigenvalue weighted by atomic mass is 19.4.